The average molecular weight is 460 g/mol. The summed E-state index contributed by atoms with van der Waals surface area (Å²) in [4.78, 5) is 35.0. The van der Waals surface area contributed by atoms with Gasteiger partial charge in [0, 0.05) is 55.0 Å². The number of nitrogens with one attached hydrogen (secondary N) is 1. The maximum absolute atomic E-state index is 12.5. The number of aryl methyl sites for hydroxylation is 2. The molecule has 0 aliphatic carbocycles. The number of nitrogens with zero attached hydrogens (tertiary/aromatic N) is 6. The predicted octanol–water partition coefficient (Wildman–Crippen LogP) is 2.46. The van der Waals surface area contributed by atoms with E-state index in [2.05, 4.69) is 25.5 Å². The zero-order valence-corrected chi connectivity index (χ0v) is 19.1. The summed E-state index contributed by atoms with van der Waals surface area (Å²) in [5.41, 5.74) is 3.36. The second-order valence-electron chi connectivity index (χ2n) is 8.47. The van der Waals surface area contributed by atoms with Crippen LogP contribution in [0.1, 0.15) is 40.7 Å². The number of carbonyl (C=O) groups is 2. The summed E-state index contributed by atoms with van der Waals surface area (Å²) in [6.07, 6.45) is 4.54. The minimum absolute atomic E-state index is 0.0352. The van der Waals surface area contributed by atoms with Gasteiger partial charge in [0.25, 0.3) is 5.91 Å². The lowest BCUT2D eigenvalue weighted by Crippen LogP contribution is -2.43. The van der Waals surface area contributed by atoms with Crippen molar-refractivity contribution in [2.24, 2.45) is 7.05 Å². The number of hydrogen-bond donors (Lipinski definition) is 1. The number of likely N-dealkylation sites (tertiary alicyclic amines) is 1. The van der Waals surface area contributed by atoms with Crippen molar-refractivity contribution in [2.75, 3.05) is 19.6 Å². The maximum atomic E-state index is 12.5. The normalized spacial score (nSPS) is 14.5. The number of piperidine rings is 1. The van der Waals surface area contributed by atoms with Gasteiger partial charge in [-0.05, 0) is 38.0 Å². The number of fused-ring (bicyclic) bond motifs is 1. The van der Waals surface area contributed by atoms with Gasteiger partial charge in [-0.25, -0.2) is 0 Å². The van der Waals surface area contributed by atoms with Crippen molar-refractivity contribution in [2.45, 2.75) is 25.7 Å². The molecule has 0 bridgehead atoms. The highest BCUT2D eigenvalue weighted by Gasteiger charge is 2.28. The van der Waals surface area contributed by atoms with Crippen LogP contribution in [0.5, 0.6) is 0 Å². The van der Waals surface area contributed by atoms with Gasteiger partial charge in [0.2, 0.25) is 17.6 Å². The van der Waals surface area contributed by atoms with Crippen molar-refractivity contribution < 1.29 is 14.1 Å². The van der Waals surface area contributed by atoms with Crippen LogP contribution >= 0.6 is 0 Å². The van der Waals surface area contributed by atoms with E-state index < -0.39 is 0 Å². The third-order valence-electron chi connectivity index (χ3n) is 6.28. The molecule has 5 rings (SSSR count). The van der Waals surface area contributed by atoms with Gasteiger partial charge in [0.05, 0.1) is 17.8 Å². The van der Waals surface area contributed by atoms with Crippen LogP contribution < -0.4 is 5.32 Å². The van der Waals surface area contributed by atoms with Crippen LogP contribution in [0.15, 0.2) is 47.2 Å². The van der Waals surface area contributed by atoms with E-state index in [4.69, 9.17) is 4.52 Å². The van der Waals surface area contributed by atoms with E-state index >= 15 is 0 Å². The molecule has 4 heterocycles. The van der Waals surface area contributed by atoms with E-state index in [1.807, 2.05) is 36.9 Å². The minimum Gasteiger partial charge on any atom is -0.343 e. The smallest absolute Gasteiger partial charge is 0.251 e. The van der Waals surface area contributed by atoms with Crippen molar-refractivity contribution in [1.82, 2.24) is 35.1 Å². The molecule has 1 N–H and O–H groups in total. The number of hydrogen-bond acceptors (Lipinski definition) is 7. The number of aromatic nitrogens is 5. The Kier molecular flexibility index (Phi) is 5.79. The first-order valence-electron chi connectivity index (χ1n) is 11.2. The van der Waals surface area contributed by atoms with Gasteiger partial charge in [0.1, 0.15) is 0 Å². The molecular formula is C24H25N7O3. The molecule has 1 aliphatic rings. The maximum Gasteiger partial charge on any atom is 0.251 e. The fourth-order valence-corrected chi connectivity index (χ4v) is 4.34. The van der Waals surface area contributed by atoms with Crippen LogP contribution in [-0.2, 0) is 11.8 Å². The molecular weight excluding hydrogens is 434 g/mol. The Morgan fingerprint density at radius 2 is 1.91 bits per heavy atom. The van der Waals surface area contributed by atoms with Crippen molar-refractivity contribution >= 4 is 22.7 Å². The van der Waals surface area contributed by atoms with Crippen LogP contribution in [0.25, 0.3) is 22.3 Å². The highest BCUT2D eigenvalue weighted by molar-refractivity contribution is 5.96. The standard InChI is InChI=1S/C24H25N7O3/c1-15-19-4-3-18(13-20(19)30(2)28-15)22-27-24(34-29-22)17-7-11-31(12-8-17)21(32)14-26-23(33)16-5-9-25-10-6-16/h3-6,9-10,13,17H,7-8,11-12,14H2,1-2H3,(H,26,33). The first-order valence-corrected chi connectivity index (χ1v) is 11.2. The first-order chi connectivity index (χ1) is 16.5. The van der Waals surface area contributed by atoms with Crippen LogP contribution in [0.4, 0.5) is 0 Å². The Balaban J connectivity index is 1.17. The van der Waals surface area contributed by atoms with Crippen molar-refractivity contribution in [3.05, 3.63) is 59.9 Å². The van der Waals surface area contributed by atoms with E-state index in [0.717, 1.165) is 35.0 Å². The van der Waals surface area contributed by atoms with Crippen molar-refractivity contribution in [3.63, 3.8) is 0 Å². The lowest BCUT2D eigenvalue weighted by Gasteiger charge is -2.30. The van der Waals surface area contributed by atoms with Crippen LogP contribution in [0.3, 0.4) is 0 Å². The first kappa shape index (κ1) is 21.7. The molecule has 0 radical (unpaired) electrons. The number of carbonyl (C=O) groups excluding carboxylic acids is 2. The number of pyridine rings is 1. The monoisotopic (exact) mass is 459 g/mol. The van der Waals surface area contributed by atoms with Gasteiger partial charge < -0.3 is 14.7 Å². The quantitative estimate of drug-likeness (QED) is 0.487. The molecule has 1 aromatic carbocycles. The van der Waals surface area contributed by atoms with Crippen LogP contribution in [0, 0.1) is 6.92 Å². The summed E-state index contributed by atoms with van der Waals surface area (Å²) < 4.78 is 7.43. The van der Waals surface area contributed by atoms with Gasteiger partial charge in [-0.1, -0.05) is 17.3 Å². The topological polar surface area (TPSA) is 119 Å². The molecule has 34 heavy (non-hydrogen) atoms. The van der Waals surface area contributed by atoms with E-state index in [0.29, 0.717) is 30.4 Å². The summed E-state index contributed by atoms with van der Waals surface area (Å²) in [5.74, 6) is 0.845. The molecule has 174 valence electrons. The third kappa shape index (κ3) is 4.26. The van der Waals surface area contributed by atoms with E-state index in [1.165, 1.54) is 0 Å². The molecule has 10 heteroatoms. The Hall–Kier alpha value is -4.08. The van der Waals surface area contributed by atoms with E-state index in [1.54, 1.807) is 29.4 Å². The zero-order valence-electron chi connectivity index (χ0n) is 19.1. The molecule has 10 nitrogen and oxygen atoms in total. The summed E-state index contributed by atoms with van der Waals surface area (Å²) in [6, 6.07) is 9.25. The lowest BCUT2D eigenvalue weighted by atomic mass is 9.96. The second kappa shape index (κ2) is 9.05. The van der Waals surface area contributed by atoms with Crippen LogP contribution in [-0.4, -0.2) is 61.3 Å². The predicted molar refractivity (Wildman–Crippen MR) is 124 cm³/mol. The van der Waals surface area contributed by atoms with E-state index in [9.17, 15) is 9.59 Å². The lowest BCUT2D eigenvalue weighted by molar-refractivity contribution is -0.131. The number of rotatable bonds is 5. The number of amides is 2. The summed E-state index contributed by atoms with van der Waals surface area (Å²) in [5, 5.41) is 12.4. The van der Waals surface area contributed by atoms with Gasteiger partial charge in [-0.15, -0.1) is 0 Å². The zero-order chi connectivity index (χ0) is 23.7. The van der Waals surface area contributed by atoms with Crippen LogP contribution in [0.2, 0.25) is 0 Å². The Morgan fingerprint density at radius 3 is 2.68 bits per heavy atom. The Morgan fingerprint density at radius 1 is 1.15 bits per heavy atom. The summed E-state index contributed by atoms with van der Waals surface area (Å²) >= 11 is 0. The molecule has 1 fully saturated rings. The second-order valence-corrected chi connectivity index (χ2v) is 8.47. The highest BCUT2D eigenvalue weighted by Crippen LogP contribution is 2.30. The Labute approximate surface area is 196 Å². The fourth-order valence-electron chi connectivity index (χ4n) is 4.34. The molecule has 0 atom stereocenters. The number of benzene rings is 1. The van der Waals surface area contributed by atoms with Gasteiger partial charge in [-0.2, -0.15) is 10.1 Å². The van der Waals surface area contributed by atoms with Gasteiger partial charge in [-0.3, -0.25) is 19.3 Å². The molecule has 0 spiro atoms. The molecule has 0 unspecified atom stereocenters. The van der Waals surface area contributed by atoms with Crippen molar-refractivity contribution in [1.29, 1.82) is 0 Å². The van der Waals surface area contributed by atoms with Gasteiger partial charge in [0.15, 0.2) is 0 Å². The summed E-state index contributed by atoms with van der Waals surface area (Å²) in [6.45, 7) is 3.10. The molecule has 3 aromatic heterocycles. The summed E-state index contributed by atoms with van der Waals surface area (Å²) in [7, 11) is 1.92. The average Bonchev–Trinajstić information content (AvgIpc) is 3.47. The minimum atomic E-state index is -0.288. The SMILES string of the molecule is Cc1nn(C)c2cc(-c3noc(C4CCN(C(=O)CNC(=O)c5ccncc5)CC4)n3)ccc12. The van der Waals surface area contributed by atoms with Crippen molar-refractivity contribution in [3.8, 4) is 11.4 Å². The molecule has 1 saturated heterocycles. The Bertz CT molecular complexity index is 1340. The fraction of sp³-hybridized carbons (Fsp3) is 0.333. The third-order valence-corrected chi connectivity index (χ3v) is 6.28. The highest BCUT2D eigenvalue weighted by atomic mass is 16.5. The molecule has 0 saturated carbocycles. The van der Waals surface area contributed by atoms with Gasteiger partial charge >= 0.3 is 0 Å². The molecule has 4 aromatic rings. The molecule has 2 amide bonds. The molecule has 1 aliphatic heterocycles. The largest absolute Gasteiger partial charge is 0.343 e. The van der Waals surface area contributed by atoms with E-state index in [-0.39, 0.29) is 24.3 Å².